The summed E-state index contributed by atoms with van der Waals surface area (Å²) in [5.41, 5.74) is 0.756. The minimum atomic E-state index is -1.18. The number of nitrogens with one attached hydrogen (secondary N) is 1. The summed E-state index contributed by atoms with van der Waals surface area (Å²) in [4.78, 5) is 42.6. The molecule has 3 N–H and O–H groups in total. The van der Waals surface area contributed by atoms with Crippen molar-refractivity contribution in [1.29, 1.82) is 0 Å². The summed E-state index contributed by atoms with van der Waals surface area (Å²) in [5, 5.41) is 22.0. The van der Waals surface area contributed by atoms with Crippen LogP contribution in [0.5, 0.6) is 0 Å². The van der Waals surface area contributed by atoms with Crippen molar-refractivity contribution in [2.45, 2.75) is 25.5 Å². The van der Waals surface area contributed by atoms with Crippen LogP contribution < -0.4 is 5.32 Å². The lowest BCUT2D eigenvalue weighted by Crippen LogP contribution is -2.61. The lowest BCUT2D eigenvalue weighted by atomic mass is 9.83. The van der Waals surface area contributed by atoms with Gasteiger partial charge in [0.25, 0.3) is 5.91 Å². The molecule has 3 atom stereocenters. The first kappa shape index (κ1) is 16.7. The van der Waals surface area contributed by atoms with Gasteiger partial charge < -0.3 is 20.4 Å². The highest BCUT2D eigenvalue weighted by Crippen LogP contribution is 2.48. The van der Waals surface area contributed by atoms with Crippen LogP contribution in [0.1, 0.15) is 28.7 Å². The number of carbonyl (C=O) groups excluding carboxylic acids is 2. The Morgan fingerprint density at radius 3 is 2.81 bits per heavy atom. The molecular formula is C16H16N4O5S. The molecule has 9 nitrogen and oxygen atoms in total. The van der Waals surface area contributed by atoms with E-state index in [9.17, 15) is 24.6 Å². The van der Waals surface area contributed by atoms with E-state index >= 15 is 0 Å². The second-order valence-corrected chi connectivity index (χ2v) is 7.39. The highest BCUT2D eigenvalue weighted by molar-refractivity contribution is 7.18. The summed E-state index contributed by atoms with van der Waals surface area (Å²) in [7, 11) is 1.51. The molecule has 2 amide bonds. The molecule has 10 heteroatoms. The maximum atomic E-state index is 12.3. The van der Waals surface area contributed by atoms with Gasteiger partial charge in [-0.3, -0.25) is 14.0 Å². The van der Waals surface area contributed by atoms with Crippen LogP contribution in [-0.2, 0) is 9.59 Å². The maximum absolute atomic E-state index is 12.3. The van der Waals surface area contributed by atoms with Gasteiger partial charge in [0.05, 0.1) is 22.9 Å². The number of fused-ring (bicyclic) bond motifs is 2. The Morgan fingerprint density at radius 2 is 2.19 bits per heavy atom. The van der Waals surface area contributed by atoms with E-state index in [0.717, 1.165) is 0 Å². The molecule has 2 aromatic rings. The largest absolute Gasteiger partial charge is 0.477 e. The minimum Gasteiger partial charge on any atom is -0.477 e. The third-order valence-corrected chi connectivity index (χ3v) is 6.05. The van der Waals surface area contributed by atoms with Crippen LogP contribution in [0.2, 0.25) is 0 Å². The zero-order chi connectivity index (χ0) is 18.7. The molecule has 0 unspecified atom stereocenters. The van der Waals surface area contributed by atoms with E-state index in [1.807, 2.05) is 0 Å². The van der Waals surface area contributed by atoms with Gasteiger partial charge >= 0.3 is 5.97 Å². The number of nitrogens with zero attached hydrogens (tertiary/aromatic N) is 3. The molecule has 1 saturated heterocycles. The van der Waals surface area contributed by atoms with E-state index in [2.05, 4.69) is 10.3 Å². The fraction of sp³-hybridized carbons (Fsp3) is 0.375. The monoisotopic (exact) mass is 376 g/mol. The first-order valence-corrected chi connectivity index (χ1v) is 8.83. The van der Waals surface area contributed by atoms with Crippen LogP contribution >= 0.6 is 11.3 Å². The van der Waals surface area contributed by atoms with Gasteiger partial charge in [-0.25, -0.2) is 9.78 Å². The van der Waals surface area contributed by atoms with E-state index in [1.165, 1.54) is 36.5 Å². The van der Waals surface area contributed by atoms with E-state index in [1.54, 1.807) is 10.6 Å². The molecule has 2 aliphatic rings. The van der Waals surface area contributed by atoms with Crippen molar-refractivity contribution in [3.63, 3.8) is 0 Å². The molecule has 4 rings (SSSR count). The molecule has 4 heterocycles. The zero-order valence-corrected chi connectivity index (χ0v) is 14.8. The second kappa shape index (κ2) is 5.64. The number of carboxylic acids is 1. The topological polar surface area (TPSA) is 124 Å². The van der Waals surface area contributed by atoms with Crippen LogP contribution in [0.25, 0.3) is 10.4 Å². The number of rotatable bonds is 4. The molecule has 2 aromatic heterocycles. The van der Waals surface area contributed by atoms with Crippen molar-refractivity contribution in [2.24, 2.45) is 5.92 Å². The lowest BCUT2D eigenvalue weighted by Gasteiger charge is -2.44. The fourth-order valence-corrected chi connectivity index (χ4v) is 4.83. The predicted octanol–water partition coefficient (Wildman–Crippen LogP) is 0.163. The quantitative estimate of drug-likeness (QED) is 0.653. The van der Waals surface area contributed by atoms with Gasteiger partial charge in [0, 0.05) is 18.8 Å². The highest BCUT2D eigenvalue weighted by Gasteiger charge is 2.57. The number of aliphatic hydroxyl groups is 1. The third kappa shape index (κ3) is 2.12. The number of thiazole rings is 1. The van der Waals surface area contributed by atoms with Crippen molar-refractivity contribution in [2.75, 3.05) is 7.05 Å². The molecule has 0 bridgehead atoms. The number of hydrogen-bond acceptors (Lipinski definition) is 6. The number of hydrogen-bond donors (Lipinski definition) is 3. The molecule has 1 fully saturated rings. The van der Waals surface area contributed by atoms with E-state index in [0.29, 0.717) is 21.7 Å². The lowest BCUT2D eigenvalue weighted by molar-refractivity contribution is -0.161. The van der Waals surface area contributed by atoms with Gasteiger partial charge in [-0.1, -0.05) is 0 Å². The number of carboxylic acid groups (broad SMARTS) is 1. The number of β-lactam (4-membered cyclic amide) rings is 1. The summed E-state index contributed by atoms with van der Waals surface area (Å²) in [6, 6.07) is -0.346. The van der Waals surface area contributed by atoms with Crippen molar-refractivity contribution in [3.05, 3.63) is 28.8 Å². The Hall–Kier alpha value is -2.72. The molecule has 2 aliphatic heterocycles. The summed E-state index contributed by atoms with van der Waals surface area (Å²) < 4.78 is 1.67. The zero-order valence-electron chi connectivity index (χ0n) is 14.0. The maximum Gasteiger partial charge on any atom is 0.352 e. The van der Waals surface area contributed by atoms with Gasteiger partial charge in [0.1, 0.15) is 16.9 Å². The van der Waals surface area contributed by atoms with Crippen LogP contribution in [0.3, 0.4) is 0 Å². The average molecular weight is 376 g/mol. The van der Waals surface area contributed by atoms with E-state index < -0.39 is 18.0 Å². The first-order valence-electron chi connectivity index (χ1n) is 8.01. The number of carbonyl (C=O) groups is 3. The Morgan fingerprint density at radius 1 is 1.46 bits per heavy atom. The molecular weight excluding hydrogens is 360 g/mol. The smallest absolute Gasteiger partial charge is 0.352 e. The van der Waals surface area contributed by atoms with Gasteiger partial charge in [-0.05, 0) is 13.3 Å². The molecule has 136 valence electrons. The third-order valence-electron chi connectivity index (χ3n) is 4.88. The van der Waals surface area contributed by atoms with Gasteiger partial charge in [-0.15, -0.1) is 11.3 Å². The van der Waals surface area contributed by atoms with Gasteiger partial charge in [-0.2, -0.15) is 0 Å². The van der Waals surface area contributed by atoms with Gasteiger partial charge in [0.2, 0.25) is 5.91 Å². The fourth-order valence-electron chi connectivity index (χ4n) is 3.70. The molecule has 26 heavy (non-hydrogen) atoms. The Labute approximate surface area is 151 Å². The standard InChI is InChI=1S/C16H16N4O5S/c1-6(21)10-8-3-7(12(16(24)25)20(8)14(10)23)9-4-19-5-18-11(13(22)17-2)15(19)26-9/h4-6,8,10,21H,3H2,1-2H3,(H,17,22)(H,24,25)/t6-,8-,10-/m1/s1. The number of aliphatic carboxylic acids is 1. The first-order chi connectivity index (χ1) is 12.3. The SMILES string of the molecule is CNC(=O)c1ncn2cc(C3=C(C(=O)O)N4C(=O)[C@H]([C@@H](C)O)[C@H]4C3)sc12. The number of aromatic nitrogens is 2. The average Bonchev–Trinajstić information content (AvgIpc) is 3.23. The number of imidazole rings is 1. The van der Waals surface area contributed by atoms with Crippen LogP contribution in [0.4, 0.5) is 0 Å². The second-order valence-electron chi connectivity index (χ2n) is 6.36. The van der Waals surface area contributed by atoms with Crippen LogP contribution in [0, 0.1) is 5.92 Å². The molecule has 0 aliphatic carbocycles. The normalized spacial score (nSPS) is 23.2. The highest BCUT2D eigenvalue weighted by atomic mass is 32.1. The van der Waals surface area contributed by atoms with Crippen molar-refractivity contribution in [3.8, 4) is 0 Å². The van der Waals surface area contributed by atoms with Crippen molar-refractivity contribution >= 4 is 39.5 Å². The van der Waals surface area contributed by atoms with Crippen LogP contribution in [0.15, 0.2) is 18.2 Å². The Kier molecular flexibility index (Phi) is 3.63. The van der Waals surface area contributed by atoms with Gasteiger partial charge in [0.15, 0.2) is 5.69 Å². The molecule has 0 radical (unpaired) electrons. The van der Waals surface area contributed by atoms with Crippen molar-refractivity contribution in [1.82, 2.24) is 19.6 Å². The van der Waals surface area contributed by atoms with Crippen molar-refractivity contribution < 1.29 is 24.6 Å². The minimum absolute atomic E-state index is 0.0455. The number of amides is 2. The molecule has 0 spiro atoms. The summed E-state index contributed by atoms with van der Waals surface area (Å²) in [6.45, 7) is 1.54. The molecule has 0 saturated carbocycles. The van der Waals surface area contributed by atoms with E-state index in [4.69, 9.17) is 0 Å². The molecule has 0 aromatic carbocycles. The van der Waals surface area contributed by atoms with Crippen LogP contribution in [-0.4, -0.2) is 61.5 Å². The summed E-state index contributed by atoms with van der Waals surface area (Å²) >= 11 is 1.25. The Bertz CT molecular complexity index is 988. The summed E-state index contributed by atoms with van der Waals surface area (Å²) in [6.07, 6.45) is 2.73. The van der Waals surface area contributed by atoms with E-state index in [-0.39, 0.29) is 29.2 Å². The number of aliphatic hydroxyl groups excluding tert-OH is 1. The predicted molar refractivity (Wildman–Crippen MR) is 91.4 cm³/mol. The Balaban J connectivity index is 1.79. The summed E-state index contributed by atoms with van der Waals surface area (Å²) in [5.74, 6) is -2.46.